The summed E-state index contributed by atoms with van der Waals surface area (Å²) in [7, 11) is 1.23. The predicted octanol–water partition coefficient (Wildman–Crippen LogP) is 3.44. The number of nitrogens with zero attached hydrogens (tertiary/aromatic N) is 3. The number of ether oxygens (including phenoxy) is 2. The smallest absolute Gasteiger partial charge is 0.339 e. The molecule has 1 aliphatic heterocycles. The molecule has 0 saturated carbocycles. The Morgan fingerprint density at radius 2 is 1.89 bits per heavy atom. The Morgan fingerprint density at radius 3 is 2.46 bits per heavy atom. The van der Waals surface area contributed by atoms with Crippen LogP contribution < -0.4 is 9.64 Å². The van der Waals surface area contributed by atoms with Crippen LogP contribution in [0.15, 0.2) is 30.5 Å². The predicted molar refractivity (Wildman–Crippen MR) is 104 cm³/mol. The fourth-order valence-corrected chi connectivity index (χ4v) is 3.39. The first kappa shape index (κ1) is 19.6. The molecule has 0 N–H and O–H groups in total. The molecule has 1 fully saturated rings. The third kappa shape index (κ3) is 4.05. The first-order valence-electron chi connectivity index (χ1n) is 9.11. The zero-order valence-corrected chi connectivity index (χ0v) is 16.2. The number of benzene rings is 1. The van der Waals surface area contributed by atoms with E-state index in [-0.39, 0.29) is 23.2 Å². The fourth-order valence-electron chi connectivity index (χ4n) is 3.39. The maximum Gasteiger partial charge on any atom is 0.339 e. The summed E-state index contributed by atoms with van der Waals surface area (Å²) in [5.74, 6) is 0.526. The average molecular weight is 385 g/mol. The van der Waals surface area contributed by atoms with E-state index in [0.29, 0.717) is 13.1 Å². The number of aromatic nitrogens is 1. The highest BCUT2D eigenvalue weighted by Gasteiger charge is 2.28. The Bertz CT molecular complexity index is 871. The van der Waals surface area contributed by atoms with E-state index in [9.17, 15) is 14.9 Å². The number of esters is 1. The highest BCUT2D eigenvalue weighted by molar-refractivity contribution is 5.90. The maximum absolute atomic E-state index is 11.6. The van der Waals surface area contributed by atoms with E-state index in [4.69, 9.17) is 4.74 Å². The molecule has 28 heavy (non-hydrogen) atoms. The van der Waals surface area contributed by atoms with Gasteiger partial charge in [0.25, 0.3) is 0 Å². The van der Waals surface area contributed by atoms with Gasteiger partial charge in [-0.05, 0) is 25.0 Å². The van der Waals surface area contributed by atoms with Crippen LogP contribution in [0, 0.1) is 24.0 Å². The number of carbonyl (C=O) groups is 1. The molecule has 1 aromatic carbocycles. The molecule has 3 rings (SSSR count). The molecule has 0 amide bonds. The molecular formula is C20H23N3O5. The molecule has 148 valence electrons. The van der Waals surface area contributed by atoms with Gasteiger partial charge in [-0.25, -0.2) is 9.78 Å². The van der Waals surface area contributed by atoms with E-state index in [1.165, 1.54) is 19.4 Å². The molecule has 0 spiro atoms. The van der Waals surface area contributed by atoms with Crippen molar-refractivity contribution in [3.05, 3.63) is 57.3 Å². The Kier molecular flexibility index (Phi) is 5.77. The van der Waals surface area contributed by atoms with E-state index in [2.05, 4.69) is 9.72 Å². The number of anilines is 1. The van der Waals surface area contributed by atoms with Gasteiger partial charge in [-0.2, -0.15) is 0 Å². The van der Waals surface area contributed by atoms with Crippen LogP contribution in [0.4, 0.5) is 11.5 Å². The van der Waals surface area contributed by atoms with E-state index in [0.717, 1.165) is 29.7 Å². The second-order valence-electron chi connectivity index (χ2n) is 6.84. The SMILES string of the molecule is COC(=O)c1cnc(N2CCC(Oc3c(C)cccc3C)CC2)c([N+](=O)[O-])c1. The van der Waals surface area contributed by atoms with Gasteiger partial charge in [0.2, 0.25) is 5.82 Å². The summed E-state index contributed by atoms with van der Waals surface area (Å²) >= 11 is 0. The third-order valence-corrected chi connectivity index (χ3v) is 4.90. The number of para-hydroxylation sites is 1. The van der Waals surface area contributed by atoms with Gasteiger partial charge in [0, 0.05) is 38.2 Å². The lowest BCUT2D eigenvalue weighted by Crippen LogP contribution is -2.39. The van der Waals surface area contributed by atoms with Gasteiger partial charge in [0.05, 0.1) is 17.6 Å². The minimum Gasteiger partial charge on any atom is -0.490 e. The first-order chi connectivity index (χ1) is 13.4. The third-order valence-electron chi connectivity index (χ3n) is 4.90. The second kappa shape index (κ2) is 8.24. The summed E-state index contributed by atoms with van der Waals surface area (Å²) in [6, 6.07) is 7.26. The van der Waals surface area contributed by atoms with Gasteiger partial charge in [-0.1, -0.05) is 18.2 Å². The van der Waals surface area contributed by atoms with Crippen molar-refractivity contribution in [1.82, 2.24) is 4.98 Å². The number of rotatable bonds is 5. The molecule has 8 nitrogen and oxygen atoms in total. The van der Waals surface area contributed by atoms with Crippen LogP contribution in [0.2, 0.25) is 0 Å². The Labute approximate surface area is 163 Å². The van der Waals surface area contributed by atoms with Gasteiger partial charge in [0.15, 0.2) is 0 Å². The van der Waals surface area contributed by atoms with Crippen molar-refractivity contribution in [2.24, 2.45) is 0 Å². The van der Waals surface area contributed by atoms with Crippen molar-refractivity contribution in [3.8, 4) is 5.75 Å². The molecule has 0 atom stereocenters. The number of pyridine rings is 1. The molecule has 1 saturated heterocycles. The molecule has 2 aromatic rings. The van der Waals surface area contributed by atoms with Crippen LogP contribution in [-0.2, 0) is 4.74 Å². The summed E-state index contributed by atoms with van der Waals surface area (Å²) in [6.07, 6.45) is 2.81. The highest BCUT2D eigenvalue weighted by atomic mass is 16.6. The number of hydrogen-bond donors (Lipinski definition) is 0. The quantitative estimate of drug-likeness (QED) is 0.442. The van der Waals surface area contributed by atoms with Crippen LogP contribution in [0.3, 0.4) is 0 Å². The van der Waals surface area contributed by atoms with Crippen LogP contribution in [0.1, 0.15) is 34.3 Å². The summed E-state index contributed by atoms with van der Waals surface area (Å²) in [5.41, 5.74) is 2.06. The van der Waals surface area contributed by atoms with Crippen molar-refractivity contribution in [1.29, 1.82) is 0 Å². The molecule has 0 unspecified atom stereocenters. The van der Waals surface area contributed by atoms with Gasteiger partial charge in [-0.15, -0.1) is 0 Å². The fraction of sp³-hybridized carbons (Fsp3) is 0.400. The molecule has 1 aromatic heterocycles. The Hall–Kier alpha value is -3.16. The number of aryl methyl sites for hydroxylation is 2. The van der Waals surface area contributed by atoms with Crippen LogP contribution in [0.5, 0.6) is 5.75 Å². The number of nitro groups is 1. The normalized spacial score (nSPS) is 14.6. The minimum atomic E-state index is -0.650. The molecule has 0 radical (unpaired) electrons. The topological polar surface area (TPSA) is 94.8 Å². The second-order valence-corrected chi connectivity index (χ2v) is 6.84. The zero-order valence-electron chi connectivity index (χ0n) is 16.2. The summed E-state index contributed by atoms with van der Waals surface area (Å²) in [6.45, 7) is 5.21. The number of methoxy groups -OCH3 is 1. The summed E-state index contributed by atoms with van der Waals surface area (Å²) < 4.78 is 10.8. The largest absolute Gasteiger partial charge is 0.490 e. The van der Waals surface area contributed by atoms with Gasteiger partial charge < -0.3 is 14.4 Å². The molecule has 2 heterocycles. The number of hydrogen-bond acceptors (Lipinski definition) is 7. The molecule has 1 aliphatic rings. The maximum atomic E-state index is 11.6. The molecule has 0 aliphatic carbocycles. The van der Waals surface area contributed by atoms with Crippen LogP contribution in [-0.4, -0.2) is 42.2 Å². The lowest BCUT2D eigenvalue weighted by atomic mass is 10.1. The monoisotopic (exact) mass is 385 g/mol. The van der Waals surface area contributed by atoms with Crippen molar-refractivity contribution in [2.45, 2.75) is 32.8 Å². The van der Waals surface area contributed by atoms with E-state index >= 15 is 0 Å². The zero-order chi connectivity index (χ0) is 20.3. The molecular weight excluding hydrogens is 362 g/mol. The lowest BCUT2D eigenvalue weighted by molar-refractivity contribution is -0.384. The average Bonchev–Trinajstić information content (AvgIpc) is 2.70. The van der Waals surface area contributed by atoms with E-state index in [1.807, 2.05) is 36.9 Å². The number of piperidine rings is 1. The van der Waals surface area contributed by atoms with Gasteiger partial charge in [-0.3, -0.25) is 10.1 Å². The standard InChI is InChI=1S/C20H23N3O5/c1-13-5-4-6-14(2)18(13)28-16-7-9-22(10-8-16)19-17(23(25)26)11-15(12-21-19)20(24)27-3/h4-6,11-12,16H,7-10H2,1-3H3. The van der Waals surface area contributed by atoms with Crippen LogP contribution in [0.25, 0.3) is 0 Å². The van der Waals surface area contributed by atoms with Crippen molar-refractivity contribution < 1.29 is 19.2 Å². The van der Waals surface area contributed by atoms with Crippen molar-refractivity contribution in [2.75, 3.05) is 25.1 Å². The van der Waals surface area contributed by atoms with E-state index in [1.54, 1.807) is 0 Å². The van der Waals surface area contributed by atoms with Crippen LogP contribution >= 0.6 is 0 Å². The Balaban J connectivity index is 1.72. The summed E-state index contributed by atoms with van der Waals surface area (Å²) in [4.78, 5) is 28.6. The molecule has 8 heteroatoms. The minimum absolute atomic E-state index is 0.0458. The highest BCUT2D eigenvalue weighted by Crippen LogP contribution is 2.31. The van der Waals surface area contributed by atoms with Crippen molar-refractivity contribution in [3.63, 3.8) is 0 Å². The summed E-state index contributed by atoms with van der Waals surface area (Å²) in [5, 5.41) is 11.5. The van der Waals surface area contributed by atoms with Crippen molar-refractivity contribution >= 4 is 17.5 Å². The lowest BCUT2D eigenvalue weighted by Gasteiger charge is -2.33. The number of carbonyl (C=O) groups excluding carboxylic acids is 1. The Morgan fingerprint density at radius 1 is 1.25 bits per heavy atom. The first-order valence-corrected chi connectivity index (χ1v) is 9.11. The van der Waals surface area contributed by atoms with Gasteiger partial charge in [0.1, 0.15) is 11.9 Å². The van der Waals surface area contributed by atoms with Gasteiger partial charge >= 0.3 is 11.7 Å². The van der Waals surface area contributed by atoms with E-state index < -0.39 is 10.9 Å². The molecule has 0 bridgehead atoms.